The van der Waals surface area contributed by atoms with Crippen LogP contribution in [0.25, 0.3) is 0 Å². The van der Waals surface area contributed by atoms with Gasteiger partial charge in [-0.2, -0.15) is 0 Å². The maximum Gasteiger partial charge on any atom is 0.0641 e. The molecular weight excluding hydrogens is 254 g/mol. The summed E-state index contributed by atoms with van der Waals surface area (Å²) in [5.41, 5.74) is 0.297. The number of nitrogens with one attached hydrogen (secondary N) is 1. The second-order valence-corrected chi connectivity index (χ2v) is 8.36. The van der Waals surface area contributed by atoms with Gasteiger partial charge in [-0.15, -0.1) is 11.3 Å². The Labute approximate surface area is 121 Å². The molecule has 0 aliphatic carbocycles. The van der Waals surface area contributed by atoms with E-state index in [-0.39, 0.29) is 11.0 Å². The second kappa shape index (κ2) is 5.55. The molecule has 1 aromatic rings. The molecule has 3 heteroatoms. The standard InChI is InChI=1S/C16H27NOS/c1-15(2,3)14-7-6-13(19-14)11-17-12-8-9-18-16(4,5)10-12/h6-7,12,17H,8-11H2,1-5H3. The Kier molecular flexibility index (Phi) is 4.38. The zero-order valence-electron chi connectivity index (χ0n) is 12.9. The van der Waals surface area contributed by atoms with Crippen LogP contribution in [0, 0.1) is 0 Å². The lowest BCUT2D eigenvalue weighted by molar-refractivity contribution is -0.0630. The molecule has 19 heavy (non-hydrogen) atoms. The molecule has 1 atom stereocenters. The molecule has 1 saturated heterocycles. The fourth-order valence-corrected chi connectivity index (χ4v) is 3.54. The van der Waals surface area contributed by atoms with Crippen LogP contribution in [0.4, 0.5) is 0 Å². The Hall–Kier alpha value is -0.380. The van der Waals surface area contributed by atoms with E-state index in [0.717, 1.165) is 26.0 Å². The molecule has 2 heterocycles. The zero-order valence-corrected chi connectivity index (χ0v) is 13.7. The lowest BCUT2D eigenvalue weighted by Gasteiger charge is -2.35. The van der Waals surface area contributed by atoms with Crippen LogP contribution in [0.3, 0.4) is 0 Å². The molecule has 1 aromatic heterocycles. The Morgan fingerprint density at radius 2 is 2.11 bits per heavy atom. The first-order valence-corrected chi connectivity index (χ1v) is 8.04. The lowest BCUT2D eigenvalue weighted by atomic mass is 9.94. The monoisotopic (exact) mass is 281 g/mol. The Morgan fingerprint density at radius 3 is 2.68 bits per heavy atom. The van der Waals surface area contributed by atoms with Crippen molar-refractivity contribution in [2.75, 3.05) is 6.61 Å². The first-order chi connectivity index (χ1) is 8.76. The van der Waals surface area contributed by atoms with Gasteiger partial charge in [0.2, 0.25) is 0 Å². The van der Waals surface area contributed by atoms with Gasteiger partial charge in [-0.3, -0.25) is 0 Å². The highest BCUT2D eigenvalue weighted by atomic mass is 32.1. The van der Waals surface area contributed by atoms with Crippen molar-refractivity contribution in [2.45, 2.75) is 71.1 Å². The minimum Gasteiger partial charge on any atom is -0.375 e. The van der Waals surface area contributed by atoms with E-state index in [1.54, 1.807) is 0 Å². The lowest BCUT2D eigenvalue weighted by Crippen LogP contribution is -2.43. The molecule has 0 spiro atoms. The van der Waals surface area contributed by atoms with Gasteiger partial charge in [0.25, 0.3) is 0 Å². The Bertz CT molecular complexity index is 417. The summed E-state index contributed by atoms with van der Waals surface area (Å²) in [5.74, 6) is 0. The van der Waals surface area contributed by atoms with Crippen molar-refractivity contribution in [1.82, 2.24) is 5.32 Å². The molecule has 0 bridgehead atoms. The Balaban J connectivity index is 1.87. The summed E-state index contributed by atoms with van der Waals surface area (Å²) < 4.78 is 5.76. The predicted octanol–water partition coefficient (Wildman–Crippen LogP) is 4.09. The third-order valence-corrected chi connectivity index (χ3v) is 5.17. The van der Waals surface area contributed by atoms with E-state index < -0.39 is 0 Å². The fourth-order valence-electron chi connectivity index (χ4n) is 2.53. The van der Waals surface area contributed by atoms with E-state index >= 15 is 0 Å². The maximum absolute atomic E-state index is 5.76. The molecule has 2 nitrogen and oxygen atoms in total. The van der Waals surface area contributed by atoms with Gasteiger partial charge in [0, 0.05) is 28.9 Å². The average Bonchev–Trinajstić information content (AvgIpc) is 2.73. The number of ether oxygens (including phenoxy) is 1. The van der Waals surface area contributed by atoms with Crippen molar-refractivity contribution in [3.8, 4) is 0 Å². The minimum absolute atomic E-state index is 0.0297. The van der Waals surface area contributed by atoms with E-state index in [1.165, 1.54) is 9.75 Å². The topological polar surface area (TPSA) is 21.3 Å². The van der Waals surface area contributed by atoms with E-state index in [4.69, 9.17) is 4.74 Å². The van der Waals surface area contributed by atoms with Crippen LogP contribution in [0.1, 0.15) is 57.2 Å². The minimum atomic E-state index is 0.0297. The summed E-state index contributed by atoms with van der Waals surface area (Å²) in [6.45, 7) is 13.1. The number of hydrogen-bond donors (Lipinski definition) is 1. The van der Waals surface area contributed by atoms with Crippen LogP contribution in [0.15, 0.2) is 12.1 Å². The van der Waals surface area contributed by atoms with Crippen molar-refractivity contribution in [3.63, 3.8) is 0 Å². The van der Waals surface area contributed by atoms with Crippen molar-refractivity contribution in [2.24, 2.45) is 0 Å². The number of thiophene rings is 1. The molecule has 0 radical (unpaired) electrons. The van der Waals surface area contributed by atoms with Gasteiger partial charge in [-0.05, 0) is 44.2 Å². The average molecular weight is 281 g/mol. The molecule has 2 rings (SSSR count). The van der Waals surface area contributed by atoms with Crippen LogP contribution >= 0.6 is 11.3 Å². The van der Waals surface area contributed by atoms with E-state index in [9.17, 15) is 0 Å². The van der Waals surface area contributed by atoms with Gasteiger partial charge in [-0.25, -0.2) is 0 Å². The van der Waals surface area contributed by atoms with Gasteiger partial charge in [0.1, 0.15) is 0 Å². The quantitative estimate of drug-likeness (QED) is 0.901. The van der Waals surface area contributed by atoms with Gasteiger partial charge in [-0.1, -0.05) is 20.8 Å². The van der Waals surface area contributed by atoms with Crippen LogP contribution in [-0.2, 0) is 16.7 Å². The molecule has 108 valence electrons. The highest BCUT2D eigenvalue weighted by Crippen LogP contribution is 2.30. The molecule has 0 aromatic carbocycles. The molecule has 0 amide bonds. The van der Waals surface area contributed by atoms with Crippen molar-refractivity contribution < 1.29 is 4.74 Å². The first-order valence-electron chi connectivity index (χ1n) is 7.23. The summed E-state index contributed by atoms with van der Waals surface area (Å²) in [6, 6.07) is 5.13. The smallest absolute Gasteiger partial charge is 0.0641 e. The number of rotatable bonds is 3. The van der Waals surface area contributed by atoms with Crippen LogP contribution in [0.2, 0.25) is 0 Å². The largest absolute Gasteiger partial charge is 0.375 e. The molecule has 1 aliphatic rings. The molecule has 1 aliphatic heterocycles. The SMILES string of the molecule is CC1(C)CC(NCc2ccc(C(C)(C)C)s2)CCO1. The maximum atomic E-state index is 5.76. The highest BCUT2D eigenvalue weighted by Gasteiger charge is 2.28. The second-order valence-electron chi connectivity index (χ2n) is 7.19. The molecular formula is C16H27NOS. The zero-order chi connectivity index (χ0) is 14.1. The van der Waals surface area contributed by atoms with Gasteiger partial charge >= 0.3 is 0 Å². The van der Waals surface area contributed by atoms with Crippen LogP contribution in [0.5, 0.6) is 0 Å². The predicted molar refractivity (Wildman–Crippen MR) is 82.9 cm³/mol. The third-order valence-electron chi connectivity index (χ3n) is 3.66. The van der Waals surface area contributed by atoms with Crippen LogP contribution < -0.4 is 5.32 Å². The third kappa shape index (κ3) is 4.30. The normalized spacial score (nSPS) is 23.5. The van der Waals surface area contributed by atoms with Gasteiger partial charge in [0.05, 0.1) is 5.60 Å². The van der Waals surface area contributed by atoms with E-state index in [1.807, 2.05) is 11.3 Å². The summed E-state index contributed by atoms with van der Waals surface area (Å²) in [6.07, 6.45) is 2.23. The highest BCUT2D eigenvalue weighted by molar-refractivity contribution is 7.12. The first kappa shape index (κ1) is 15.0. The fraction of sp³-hybridized carbons (Fsp3) is 0.750. The van der Waals surface area contributed by atoms with E-state index in [2.05, 4.69) is 52.1 Å². The van der Waals surface area contributed by atoms with Crippen molar-refractivity contribution >= 4 is 11.3 Å². The number of hydrogen-bond acceptors (Lipinski definition) is 3. The van der Waals surface area contributed by atoms with Crippen LogP contribution in [-0.4, -0.2) is 18.2 Å². The summed E-state index contributed by atoms with van der Waals surface area (Å²) >= 11 is 1.93. The molecule has 1 N–H and O–H groups in total. The summed E-state index contributed by atoms with van der Waals surface area (Å²) in [7, 11) is 0. The van der Waals surface area contributed by atoms with Crippen molar-refractivity contribution in [3.05, 3.63) is 21.9 Å². The summed E-state index contributed by atoms with van der Waals surface area (Å²) in [5, 5.41) is 3.69. The molecule has 1 unspecified atom stereocenters. The molecule has 0 saturated carbocycles. The van der Waals surface area contributed by atoms with Gasteiger partial charge in [0.15, 0.2) is 0 Å². The van der Waals surface area contributed by atoms with Crippen molar-refractivity contribution in [1.29, 1.82) is 0 Å². The van der Waals surface area contributed by atoms with Gasteiger partial charge < -0.3 is 10.1 Å². The summed E-state index contributed by atoms with van der Waals surface area (Å²) in [4.78, 5) is 2.91. The Morgan fingerprint density at radius 1 is 1.37 bits per heavy atom. The van der Waals surface area contributed by atoms with E-state index in [0.29, 0.717) is 6.04 Å². The molecule has 1 fully saturated rings.